The predicted octanol–water partition coefficient (Wildman–Crippen LogP) is 1.66. The first kappa shape index (κ1) is 21.6. The Morgan fingerprint density at radius 1 is 1.03 bits per heavy atom. The average Bonchev–Trinajstić information content (AvgIpc) is 3.25. The molecule has 1 aliphatic rings. The molecule has 0 unspecified atom stereocenters. The minimum Gasteiger partial charge on any atom is -0.368 e. The summed E-state index contributed by atoms with van der Waals surface area (Å²) in [5.41, 5.74) is 7.81. The Morgan fingerprint density at radius 3 is 2.61 bits per heavy atom. The Hall–Kier alpha value is -3.23. The average molecular weight is 439 g/mol. The minimum absolute atomic E-state index is 0.849. The number of imidazole rings is 1. The maximum Gasteiger partial charge on any atom is 0.159 e. The lowest BCUT2D eigenvalue weighted by Gasteiger charge is -2.36. The van der Waals surface area contributed by atoms with Crippen molar-refractivity contribution in [1.29, 1.82) is 0 Å². The quantitative estimate of drug-likeness (QED) is 0.461. The zero-order valence-electron chi connectivity index (χ0n) is 19.6. The number of fused-ring (bicyclic) bond motifs is 1. The predicted molar refractivity (Wildman–Crippen MR) is 137 cm³/mol. The van der Waals surface area contributed by atoms with Gasteiger partial charge in [-0.3, -0.25) is 9.88 Å². The summed E-state index contributed by atoms with van der Waals surface area (Å²) in [6.45, 7) is 5.83. The van der Waals surface area contributed by atoms with Gasteiger partial charge in [0.25, 0.3) is 0 Å². The summed E-state index contributed by atoms with van der Waals surface area (Å²) in [5, 5.41) is 0. The Bertz CT molecular complexity index is 1230. The lowest BCUT2D eigenvalue weighted by molar-refractivity contribution is 0.250. The molecule has 0 saturated carbocycles. The van der Waals surface area contributed by atoms with Crippen LogP contribution in [0.25, 0.3) is 22.6 Å². The molecule has 7 nitrogen and oxygen atoms in total. The van der Waals surface area contributed by atoms with Crippen molar-refractivity contribution in [1.82, 2.24) is 29.7 Å². The Balaban J connectivity index is 1.38. The second-order valence-corrected chi connectivity index (χ2v) is 9.14. The van der Waals surface area contributed by atoms with Gasteiger partial charge in [0.1, 0.15) is 19.2 Å². The molecule has 0 spiro atoms. The summed E-state index contributed by atoms with van der Waals surface area (Å²) in [6, 6.07) is 12.7. The standard InChI is InChI=1S/C25H30BN7/c1-31(2)16-18-5-3-7-20(13-18)24-29-22-23(21(26)15-28-25(22)30-24)33-11-9-32(10-12-33)17-19-6-4-8-27-14-19/h3-8,13-15H,9-12,16-17,26H2,1-2H3,(H,28,29,30). The summed E-state index contributed by atoms with van der Waals surface area (Å²) in [5.74, 6) is 0.875. The van der Waals surface area contributed by atoms with E-state index >= 15 is 0 Å². The highest BCUT2D eigenvalue weighted by Gasteiger charge is 2.22. The van der Waals surface area contributed by atoms with Crippen molar-refractivity contribution >= 4 is 30.2 Å². The zero-order valence-corrected chi connectivity index (χ0v) is 19.6. The van der Waals surface area contributed by atoms with E-state index in [1.807, 2.05) is 24.7 Å². The molecule has 1 aliphatic heterocycles. The molecule has 33 heavy (non-hydrogen) atoms. The molecule has 5 rings (SSSR count). The van der Waals surface area contributed by atoms with Crippen LogP contribution in [0.1, 0.15) is 11.1 Å². The summed E-state index contributed by atoms with van der Waals surface area (Å²) in [7, 11) is 6.31. The Morgan fingerprint density at radius 2 is 1.85 bits per heavy atom. The normalized spacial score (nSPS) is 14.9. The minimum atomic E-state index is 0.849. The van der Waals surface area contributed by atoms with Crippen LogP contribution >= 0.6 is 0 Å². The number of aromatic amines is 1. The van der Waals surface area contributed by atoms with Gasteiger partial charge in [-0.2, -0.15) is 0 Å². The molecule has 4 heterocycles. The van der Waals surface area contributed by atoms with Crippen LogP contribution in [-0.2, 0) is 13.1 Å². The van der Waals surface area contributed by atoms with Gasteiger partial charge in [-0.25, -0.2) is 9.97 Å². The number of nitrogens with one attached hydrogen (secondary N) is 1. The van der Waals surface area contributed by atoms with E-state index in [0.29, 0.717) is 0 Å². The molecule has 3 aromatic heterocycles. The topological polar surface area (TPSA) is 64.2 Å². The van der Waals surface area contributed by atoms with E-state index in [1.54, 1.807) is 0 Å². The fourth-order valence-electron chi connectivity index (χ4n) is 4.63. The van der Waals surface area contributed by atoms with E-state index in [1.165, 1.54) is 22.3 Å². The van der Waals surface area contributed by atoms with Crippen LogP contribution in [0.15, 0.2) is 55.0 Å². The maximum atomic E-state index is 5.03. The van der Waals surface area contributed by atoms with Crippen LogP contribution in [0.3, 0.4) is 0 Å². The lowest BCUT2D eigenvalue weighted by atomic mass is 9.95. The van der Waals surface area contributed by atoms with Gasteiger partial charge in [0.2, 0.25) is 0 Å². The molecule has 8 heteroatoms. The molecular weight excluding hydrogens is 409 g/mol. The third-order valence-corrected chi connectivity index (χ3v) is 6.19. The molecule has 1 saturated heterocycles. The molecule has 0 amide bonds. The first-order chi connectivity index (χ1) is 16.1. The van der Waals surface area contributed by atoms with Crippen molar-refractivity contribution < 1.29 is 0 Å². The van der Waals surface area contributed by atoms with Crippen molar-refractivity contribution in [2.45, 2.75) is 13.1 Å². The smallest absolute Gasteiger partial charge is 0.159 e. The number of hydrogen-bond donors (Lipinski definition) is 1. The van der Waals surface area contributed by atoms with Gasteiger partial charge < -0.3 is 14.8 Å². The van der Waals surface area contributed by atoms with Crippen LogP contribution in [0.2, 0.25) is 0 Å². The molecule has 1 N–H and O–H groups in total. The van der Waals surface area contributed by atoms with Gasteiger partial charge in [-0.1, -0.05) is 24.3 Å². The van der Waals surface area contributed by atoms with Crippen molar-refractivity contribution in [3.63, 3.8) is 0 Å². The van der Waals surface area contributed by atoms with E-state index in [9.17, 15) is 0 Å². The first-order valence-electron chi connectivity index (χ1n) is 11.5. The summed E-state index contributed by atoms with van der Waals surface area (Å²) < 4.78 is 0. The molecule has 0 atom stereocenters. The highest BCUT2D eigenvalue weighted by Crippen LogP contribution is 2.27. The molecular formula is C25H30BN7. The molecule has 0 bridgehead atoms. The van der Waals surface area contributed by atoms with Crippen LogP contribution in [0.5, 0.6) is 0 Å². The highest BCUT2D eigenvalue weighted by molar-refractivity contribution is 6.37. The van der Waals surface area contributed by atoms with Crippen molar-refractivity contribution in [2.24, 2.45) is 0 Å². The third kappa shape index (κ3) is 4.77. The number of pyridine rings is 2. The molecule has 168 valence electrons. The van der Waals surface area contributed by atoms with Crippen LogP contribution in [-0.4, -0.2) is 77.9 Å². The number of hydrogen-bond acceptors (Lipinski definition) is 6. The van der Waals surface area contributed by atoms with Crippen LogP contribution < -0.4 is 10.4 Å². The lowest BCUT2D eigenvalue weighted by Crippen LogP contribution is -2.47. The first-order valence-corrected chi connectivity index (χ1v) is 11.5. The molecule has 1 aromatic carbocycles. The van der Waals surface area contributed by atoms with Gasteiger partial charge >= 0.3 is 0 Å². The van der Waals surface area contributed by atoms with E-state index < -0.39 is 0 Å². The van der Waals surface area contributed by atoms with Gasteiger partial charge in [-0.05, 0) is 42.8 Å². The van der Waals surface area contributed by atoms with Crippen LogP contribution in [0, 0.1) is 0 Å². The number of piperazine rings is 1. The number of aromatic nitrogens is 4. The van der Waals surface area contributed by atoms with Crippen molar-refractivity contribution in [3.8, 4) is 11.4 Å². The number of nitrogens with zero attached hydrogens (tertiary/aromatic N) is 6. The Kier molecular flexibility index (Phi) is 6.11. The number of rotatable bonds is 6. The molecule has 4 aromatic rings. The SMILES string of the molecule is Bc1cnc2[nH]c(-c3cccc(CN(C)C)c3)nc2c1N1CCN(Cc2cccnc2)CC1. The molecule has 0 aliphatic carbocycles. The number of H-pyrrole nitrogens is 1. The van der Waals surface area contributed by atoms with Crippen LogP contribution in [0.4, 0.5) is 5.69 Å². The third-order valence-electron chi connectivity index (χ3n) is 6.19. The van der Waals surface area contributed by atoms with E-state index in [0.717, 1.165) is 61.8 Å². The fraction of sp³-hybridized carbons (Fsp3) is 0.320. The van der Waals surface area contributed by atoms with E-state index in [-0.39, 0.29) is 0 Å². The summed E-state index contributed by atoms with van der Waals surface area (Å²) in [4.78, 5) is 24.5. The second-order valence-electron chi connectivity index (χ2n) is 9.14. The number of anilines is 1. The Labute approximate surface area is 195 Å². The monoisotopic (exact) mass is 439 g/mol. The van der Waals surface area contributed by atoms with E-state index in [4.69, 9.17) is 4.98 Å². The van der Waals surface area contributed by atoms with Gasteiger partial charge in [0.05, 0.1) is 5.69 Å². The van der Waals surface area contributed by atoms with Gasteiger partial charge in [0, 0.05) is 63.4 Å². The maximum absolute atomic E-state index is 5.03. The molecule has 0 radical (unpaired) electrons. The summed E-state index contributed by atoms with van der Waals surface area (Å²) in [6.07, 6.45) is 5.75. The second kappa shape index (κ2) is 9.33. The zero-order chi connectivity index (χ0) is 22.8. The highest BCUT2D eigenvalue weighted by atomic mass is 15.3. The van der Waals surface area contributed by atoms with E-state index in [2.05, 4.69) is 81.9 Å². The van der Waals surface area contributed by atoms with Crippen molar-refractivity contribution in [3.05, 3.63) is 66.1 Å². The largest absolute Gasteiger partial charge is 0.368 e. The van der Waals surface area contributed by atoms with Gasteiger partial charge in [-0.15, -0.1) is 0 Å². The number of benzene rings is 1. The molecule has 1 fully saturated rings. The van der Waals surface area contributed by atoms with Gasteiger partial charge in [0.15, 0.2) is 5.65 Å². The van der Waals surface area contributed by atoms with Crippen molar-refractivity contribution in [2.75, 3.05) is 45.2 Å². The summed E-state index contributed by atoms with van der Waals surface area (Å²) >= 11 is 0. The fourth-order valence-corrected chi connectivity index (χ4v) is 4.63.